The van der Waals surface area contributed by atoms with Crippen LogP contribution in [-0.2, 0) is 29.5 Å². The molecule has 0 saturated heterocycles. The number of carbonyl (C=O) groups is 1. The lowest BCUT2D eigenvalue weighted by atomic mass is 10.1. The number of hydrogen-bond acceptors (Lipinski definition) is 4. The van der Waals surface area contributed by atoms with Gasteiger partial charge in [0, 0.05) is 41.7 Å². The molecule has 0 aliphatic carbocycles. The molecule has 4 rings (SSSR count). The molecule has 4 aromatic rings. The van der Waals surface area contributed by atoms with Crippen molar-refractivity contribution in [3.05, 3.63) is 94.3 Å². The molecule has 3 aromatic carbocycles. The van der Waals surface area contributed by atoms with E-state index in [2.05, 4.69) is 20.3 Å². The summed E-state index contributed by atoms with van der Waals surface area (Å²) in [6.45, 7) is 5.98. The molecule has 0 saturated carbocycles. The summed E-state index contributed by atoms with van der Waals surface area (Å²) in [5, 5.41) is 6.24. The second kappa shape index (κ2) is 11.9. The Morgan fingerprint density at radius 1 is 1.02 bits per heavy atom. The Balaban J connectivity index is 1.61. The van der Waals surface area contributed by atoms with Gasteiger partial charge in [0.05, 0.1) is 22.5 Å². The van der Waals surface area contributed by atoms with Crippen LogP contribution in [0.5, 0.6) is 0 Å². The van der Waals surface area contributed by atoms with Crippen LogP contribution in [0, 0.1) is 11.6 Å². The van der Waals surface area contributed by atoms with Crippen LogP contribution in [0.4, 0.5) is 13.6 Å². The molecule has 0 aliphatic rings. The highest BCUT2D eigenvalue weighted by molar-refractivity contribution is 7.89. The topological polar surface area (TPSA) is 105 Å². The lowest BCUT2D eigenvalue weighted by Crippen LogP contribution is -2.46. The molecule has 0 unspecified atom stereocenters. The number of nitrogens with zero attached hydrogens (tertiary/aromatic N) is 2. The summed E-state index contributed by atoms with van der Waals surface area (Å²) in [7, 11) is -4.04. The third-order valence-corrected chi connectivity index (χ3v) is 7.75. The summed E-state index contributed by atoms with van der Waals surface area (Å²) < 4.78 is 57.5. The molecule has 0 atom stereocenters. The summed E-state index contributed by atoms with van der Waals surface area (Å²) in [4.78, 5) is 16.8. The average molecular weight is 590 g/mol. The van der Waals surface area contributed by atoms with Crippen molar-refractivity contribution >= 4 is 38.7 Å². The predicted molar refractivity (Wildman–Crippen MR) is 151 cm³/mol. The second-order valence-corrected chi connectivity index (χ2v) is 12.5. The molecule has 0 radical (unpaired) electrons. The highest BCUT2D eigenvalue weighted by atomic mass is 35.5. The summed E-state index contributed by atoms with van der Waals surface area (Å²) in [5.74, 6) is -0.962. The van der Waals surface area contributed by atoms with Crippen molar-refractivity contribution in [2.75, 3.05) is 6.54 Å². The largest absolute Gasteiger partial charge is 0.338 e. The van der Waals surface area contributed by atoms with Crippen molar-refractivity contribution in [3.63, 3.8) is 0 Å². The molecule has 0 bridgehead atoms. The number of rotatable bonds is 9. The minimum absolute atomic E-state index is 0.0142. The van der Waals surface area contributed by atoms with E-state index in [-0.39, 0.29) is 28.6 Å². The van der Waals surface area contributed by atoms with Crippen molar-refractivity contribution in [2.45, 2.75) is 50.7 Å². The van der Waals surface area contributed by atoms with Crippen LogP contribution in [0.3, 0.4) is 0 Å². The first-order chi connectivity index (χ1) is 18.8. The number of imidazole rings is 1. The molecule has 0 spiro atoms. The number of aromatic nitrogens is 2. The standard InChI is InChI=1S/C28H30ClF2N5O3S/c1-28(2,3)35-27(37)32-13-12-26-34-24-15-21(40(38,39)33-16-18-8-9-20(30)14-23(18)31)10-11-25(24)36(26)17-19-6-4-5-7-22(19)29/h4-11,14-15,33H,12-13,16-17H2,1-3H3,(H2,32,35,37). The highest BCUT2D eigenvalue weighted by Crippen LogP contribution is 2.25. The zero-order valence-electron chi connectivity index (χ0n) is 22.3. The average Bonchev–Trinajstić information content (AvgIpc) is 3.20. The molecular weight excluding hydrogens is 560 g/mol. The lowest BCUT2D eigenvalue weighted by molar-refractivity contribution is 0.232. The van der Waals surface area contributed by atoms with Gasteiger partial charge in [0.25, 0.3) is 0 Å². The molecule has 8 nitrogen and oxygen atoms in total. The SMILES string of the molecule is CC(C)(C)NC(=O)NCCc1nc2cc(S(=O)(=O)NCc3ccc(F)cc3F)ccc2n1Cc1ccccc1Cl. The van der Waals surface area contributed by atoms with E-state index in [0.29, 0.717) is 47.5 Å². The van der Waals surface area contributed by atoms with Crippen LogP contribution < -0.4 is 15.4 Å². The van der Waals surface area contributed by atoms with Gasteiger partial charge in [-0.15, -0.1) is 0 Å². The van der Waals surface area contributed by atoms with Crippen molar-refractivity contribution in [1.82, 2.24) is 24.9 Å². The minimum Gasteiger partial charge on any atom is -0.338 e. The van der Waals surface area contributed by atoms with Gasteiger partial charge < -0.3 is 15.2 Å². The van der Waals surface area contributed by atoms with E-state index < -0.39 is 21.7 Å². The van der Waals surface area contributed by atoms with Crippen LogP contribution >= 0.6 is 11.6 Å². The monoisotopic (exact) mass is 589 g/mol. The Morgan fingerprint density at radius 3 is 2.48 bits per heavy atom. The van der Waals surface area contributed by atoms with Gasteiger partial charge in [0.15, 0.2) is 0 Å². The van der Waals surface area contributed by atoms with E-state index in [0.717, 1.165) is 11.6 Å². The smallest absolute Gasteiger partial charge is 0.315 e. The van der Waals surface area contributed by atoms with E-state index in [1.165, 1.54) is 18.2 Å². The lowest BCUT2D eigenvalue weighted by Gasteiger charge is -2.20. The van der Waals surface area contributed by atoms with Crippen LogP contribution in [0.25, 0.3) is 11.0 Å². The fraction of sp³-hybridized carbons (Fsp3) is 0.286. The van der Waals surface area contributed by atoms with Gasteiger partial charge in [-0.3, -0.25) is 0 Å². The van der Waals surface area contributed by atoms with E-state index in [9.17, 15) is 22.0 Å². The molecule has 0 aliphatic heterocycles. The number of carbonyl (C=O) groups excluding carboxylic acids is 1. The zero-order valence-corrected chi connectivity index (χ0v) is 23.8. The molecule has 212 valence electrons. The number of hydrogen-bond donors (Lipinski definition) is 3. The molecular formula is C28H30ClF2N5O3S. The fourth-order valence-corrected chi connectivity index (χ4v) is 5.31. The Morgan fingerprint density at radius 2 is 1.77 bits per heavy atom. The Labute approximate surface area is 236 Å². The molecule has 0 fully saturated rings. The third-order valence-electron chi connectivity index (χ3n) is 5.99. The maximum atomic E-state index is 14.0. The van der Waals surface area contributed by atoms with Crippen molar-refractivity contribution < 1.29 is 22.0 Å². The number of benzene rings is 3. The Bertz CT molecular complexity index is 1650. The quantitative estimate of drug-likeness (QED) is 0.252. The highest BCUT2D eigenvalue weighted by Gasteiger charge is 2.20. The normalized spacial score (nSPS) is 12.1. The number of fused-ring (bicyclic) bond motifs is 1. The van der Waals surface area contributed by atoms with Gasteiger partial charge in [-0.2, -0.15) is 0 Å². The van der Waals surface area contributed by atoms with Crippen molar-refractivity contribution in [1.29, 1.82) is 0 Å². The summed E-state index contributed by atoms with van der Waals surface area (Å²) in [5.41, 5.74) is 1.58. The summed E-state index contributed by atoms with van der Waals surface area (Å²) in [6, 6.07) is 14.6. The molecule has 12 heteroatoms. The van der Waals surface area contributed by atoms with Crippen LogP contribution in [0.15, 0.2) is 65.6 Å². The van der Waals surface area contributed by atoms with Crippen molar-refractivity contribution in [2.24, 2.45) is 0 Å². The number of nitrogens with one attached hydrogen (secondary N) is 3. The number of halogens is 3. The first-order valence-corrected chi connectivity index (χ1v) is 14.4. The number of urea groups is 1. The third kappa shape index (κ3) is 7.35. The van der Waals surface area contributed by atoms with Crippen LogP contribution in [-0.4, -0.2) is 36.1 Å². The van der Waals surface area contributed by atoms with Gasteiger partial charge >= 0.3 is 6.03 Å². The molecule has 40 heavy (non-hydrogen) atoms. The van der Waals surface area contributed by atoms with Gasteiger partial charge in [-0.05, 0) is 56.7 Å². The predicted octanol–water partition coefficient (Wildman–Crippen LogP) is 5.13. The maximum absolute atomic E-state index is 14.0. The summed E-state index contributed by atoms with van der Waals surface area (Å²) in [6.07, 6.45) is 0.376. The number of sulfonamides is 1. The van der Waals surface area contributed by atoms with E-state index in [4.69, 9.17) is 11.6 Å². The molecule has 1 heterocycles. The number of amides is 2. The van der Waals surface area contributed by atoms with Crippen LogP contribution in [0.1, 0.15) is 37.7 Å². The molecule has 2 amide bonds. The summed E-state index contributed by atoms with van der Waals surface area (Å²) >= 11 is 6.41. The van der Waals surface area contributed by atoms with E-state index in [1.807, 2.05) is 43.5 Å². The first kappa shape index (κ1) is 29.4. The van der Waals surface area contributed by atoms with E-state index in [1.54, 1.807) is 12.1 Å². The fourth-order valence-electron chi connectivity index (χ4n) is 4.08. The van der Waals surface area contributed by atoms with Gasteiger partial charge in [-0.25, -0.2) is 31.7 Å². The Kier molecular flexibility index (Phi) is 8.77. The van der Waals surface area contributed by atoms with Crippen LogP contribution in [0.2, 0.25) is 5.02 Å². The van der Waals surface area contributed by atoms with E-state index >= 15 is 0 Å². The Hall–Kier alpha value is -3.54. The minimum atomic E-state index is -4.04. The molecule has 1 aromatic heterocycles. The molecule has 3 N–H and O–H groups in total. The first-order valence-electron chi connectivity index (χ1n) is 12.5. The van der Waals surface area contributed by atoms with Crippen molar-refractivity contribution in [3.8, 4) is 0 Å². The zero-order chi connectivity index (χ0) is 29.1. The van der Waals surface area contributed by atoms with Gasteiger partial charge in [-0.1, -0.05) is 35.9 Å². The van der Waals surface area contributed by atoms with Gasteiger partial charge in [0.2, 0.25) is 10.0 Å². The maximum Gasteiger partial charge on any atom is 0.315 e. The second-order valence-electron chi connectivity index (χ2n) is 10.3. The van der Waals surface area contributed by atoms with Gasteiger partial charge in [0.1, 0.15) is 17.5 Å².